The van der Waals surface area contributed by atoms with Crippen LogP contribution in [0.1, 0.15) is 10.6 Å². The molecule has 0 aliphatic carbocycles. The highest BCUT2D eigenvalue weighted by atomic mass is 35.5. The number of nitro benzene ring substituents is 1. The minimum atomic E-state index is -0.654. The summed E-state index contributed by atoms with van der Waals surface area (Å²) < 4.78 is 5.51. The average Bonchev–Trinajstić information content (AvgIpc) is 3.16. The Hall–Kier alpha value is -3.14. The largest absolute Gasteiger partial charge is 0.506 e. The Morgan fingerprint density at radius 2 is 1.86 bits per heavy atom. The Morgan fingerprint density at radius 3 is 2.55 bits per heavy atom. The van der Waals surface area contributed by atoms with E-state index in [1.54, 1.807) is 24.3 Å². The van der Waals surface area contributed by atoms with Crippen LogP contribution in [0.4, 0.5) is 11.4 Å². The summed E-state index contributed by atoms with van der Waals surface area (Å²) in [5.41, 5.74) is 0.345. The molecule has 8 nitrogen and oxygen atoms in total. The van der Waals surface area contributed by atoms with Gasteiger partial charge in [-0.2, -0.15) is 0 Å². The van der Waals surface area contributed by atoms with Gasteiger partial charge in [0.05, 0.1) is 20.7 Å². The molecule has 0 saturated carbocycles. The molecule has 3 aromatic rings. The normalized spacial score (nSPS) is 10.4. The third kappa shape index (κ3) is 4.83. The summed E-state index contributed by atoms with van der Waals surface area (Å²) in [5.74, 6) is -0.562. The van der Waals surface area contributed by atoms with Crippen LogP contribution in [0.25, 0.3) is 11.3 Å². The van der Waals surface area contributed by atoms with Crippen LogP contribution in [0, 0.1) is 10.1 Å². The van der Waals surface area contributed by atoms with Gasteiger partial charge in [0.1, 0.15) is 11.5 Å². The van der Waals surface area contributed by atoms with E-state index in [2.05, 4.69) is 10.6 Å². The topological polar surface area (TPSA) is 118 Å². The van der Waals surface area contributed by atoms with Crippen LogP contribution in [0.15, 0.2) is 52.9 Å². The number of phenolic OH excluding ortho intramolecular Hbond substituents is 1. The number of carbonyl (C=O) groups excluding carboxylic acids is 1. The zero-order valence-corrected chi connectivity index (χ0v) is 16.6. The van der Waals surface area contributed by atoms with Gasteiger partial charge < -0.3 is 14.8 Å². The van der Waals surface area contributed by atoms with Crippen LogP contribution < -0.4 is 10.6 Å². The summed E-state index contributed by atoms with van der Waals surface area (Å²) in [4.78, 5) is 22.5. The molecular weight excluding hydrogens is 441 g/mol. The highest BCUT2D eigenvalue weighted by Crippen LogP contribution is 2.30. The number of carbonyl (C=O) groups is 1. The highest BCUT2D eigenvalue weighted by molar-refractivity contribution is 7.80. The summed E-state index contributed by atoms with van der Waals surface area (Å²) >= 11 is 16.9. The van der Waals surface area contributed by atoms with Crippen molar-refractivity contribution in [3.8, 4) is 17.1 Å². The number of furan rings is 1. The van der Waals surface area contributed by atoms with Gasteiger partial charge in [0.15, 0.2) is 10.9 Å². The summed E-state index contributed by atoms with van der Waals surface area (Å²) in [7, 11) is 0. The number of nitrogens with zero attached hydrogens (tertiary/aromatic N) is 1. The van der Waals surface area contributed by atoms with E-state index in [0.29, 0.717) is 21.4 Å². The molecule has 29 heavy (non-hydrogen) atoms. The third-order valence-corrected chi connectivity index (χ3v) is 4.64. The second-order valence-electron chi connectivity index (χ2n) is 5.66. The Bertz CT molecular complexity index is 1130. The summed E-state index contributed by atoms with van der Waals surface area (Å²) in [6.07, 6.45) is 0. The fourth-order valence-electron chi connectivity index (χ4n) is 2.32. The predicted molar refractivity (Wildman–Crippen MR) is 113 cm³/mol. The summed E-state index contributed by atoms with van der Waals surface area (Å²) in [5, 5.41) is 26.1. The molecule has 0 saturated heterocycles. The maximum Gasteiger partial charge on any atom is 0.293 e. The maximum absolute atomic E-state index is 12.3. The molecule has 1 amide bonds. The molecule has 0 spiro atoms. The number of benzene rings is 2. The first-order valence-electron chi connectivity index (χ1n) is 7.89. The van der Waals surface area contributed by atoms with Gasteiger partial charge >= 0.3 is 0 Å². The van der Waals surface area contributed by atoms with E-state index < -0.39 is 10.8 Å². The zero-order valence-electron chi connectivity index (χ0n) is 14.3. The van der Waals surface area contributed by atoms with Crippen molar-refractivity contribution in [2.45, 2.75) is 0 Å². The maximum atomic E-state index is 12.3. The number of non-ortho nitro benzene ring substituents is 1. The van der Waals surface area contributed by atoms with Crippen LogP contribution in [-0.2, 0) is 0 Å². The van der Waals surface area contributed by atoms with Crippen molar-refractivity contribution in [1.82, 2.24) is 5.32 Å². The molecule has 2 aromatic carbocycles. The quantitative estimate of drug-likeness (QED) is 0.221. The molecule has 1 heterocycles. The van der Waals surface area contributed by atoms with Crippen molar-refractivity contribution in [2.24, 2.45) is 0 Å². The van der Waals surface area contributed by atoms with Crippen LogP contribution in [0.3, 0.4) is 0 Å². The minimum Gasteiger partial charge on any atom is -0.506 e. The van der Waals surface area contributed by atoms with Gasteiger partial charge in [-0.1, -0.05) is 23.2 Å². The van der Waals surface area contributed by atoms with E-state index in [0.717, 1.165) is 18.2 Å². The lowest BCUT2D eigenvalue weighted by Gasteiger charge is -2.10. The first-order chi connectivity index (χ1) is 13.7. The van der Waals surface area contributed by atoms with Gasteiger partial charge in [0.2, 0.25) is 0 Å². The summed E-state index contributed by atoms with van der Waals surface area (Å²) in [6.45, 7) is 0. The molecule has 0 radical (unpaired) electrons. The number of hydrogen-bond acceptors (Lipinski definition) is 6. The molecule has 0 aliphatic heterocycles. The highest BCUT2D eigenvalue weighted by Gasteiger charge is 2.16. The number of rotatable bonds is 4. The zero-order chi connectivity index (χ0) is 21.1. The fraction of sp³-hybridized carbons (Fsp3) is 0. The van der Waals surface area contributed by atoms with Crippen molar-refractivity contribution in [3.05, 3.63) is 74.5 Å². The molecule has 0 fully saturated rings. The summed E-state index contributed by atoms with van der Waals surface area (Å²) in [6, 6.07) is 11.3. The van der Waals surface area contributed by atoms with Gasteiger partial charge in [-0.25, -0.2) is 0 Å². The molecule has 1 aromatic heterocycles. The average molecular weight is 452 g/mol. The van der Waals surface area contributed by atoms with E-state index in [-0.39, 0.29) is 28.0 Å². The minimum absolute atomic E-state index is 0.0274. The number of nitro groups is 1. The predicted octanol–water partition coefficient (Wildman–Crippen LogP) is 4.99. The van der Waals surface area contributed by atoms with Crippen LogP contribution in [0.5, 0.6) is 5.75 Å². The Kier molecular flexibility index (Phi) is 6.02. The number of thiocarbonyl (C=S) groups is 1. The number of hydrogen-bond donors (Lipinski definition) is 3. The molecular formula is C18H11Cl2N3O5S. The van der Waals surface area contributed by atoms with Gasteiger partial charge in [-0.15, -0.1) is 0 Å². The Labute approximate surface area is 179 Å². The number of halogens is 2. The number of phenols is 1. The lowest BCUT2D eigenvalue weighted by molar-refractivity contribution is -0.384. The molecule has 0 bridgehead atoms. The lowest BCUT2D eigenvalue weighted by atomic mass is 10.2. The van der Waals surface area contributed by atoms with Crippen molar-refractivity contribution < 1.29 is 19.2 Å². The van der Waals surface area contributed by atoms with Gasteiger partial charge in [0, 0.05) is 17.7 Å². The van der Waals surface area contributed by atoms with Crippen molar-refractivity contribution in [1.29, 1.82) is 0 Å². The van der Waals surface area contributed by atoms with Crippen LogP contribution >= 0.6 is 35.4 Å². The van der Waals surface area contributed by atoms with Crippen LogP contribution in [-0.4, -0.2) is 21.0 Å². The molecule has 0 unspecified atom stereocenters. The Morgan fingerprint density at radius 1 is 1.10 bits per heavy atom. The molecule has 11 heteroatoms. The van der Waals surface area contributed by atoms with Gasteiger partial charge in [-0.3, -0.25) is 20.2 Å². The monoisotopic (exact) mass is 451 g/mol. The first-order valence-corrected chi connectivity index (χ1v) is 9.06. The van der Waals surface area contributed by atoms with E-state index in [9.17, 15) is 20.0 Å². The fourth-order valence-corrected chi connectivity index (χ4v) is 2.82. The van der Waals surface area contributed by atoms with E-state index in [1.165, 1.54) is 6.07 Å². The van der Waals surface area contributed by atoms with E-state index >= 15 is 0 Å². The smallest absolute Gasteiger partial charge is 0.293 e. The van der Waals surface area contributed by atoms with E-state index in [1.807, 2.05) is 0 Å². The number of aromatic hydroxyl groups is 1. The number of nitrogens with one attached hydrogen (secondary N) is 2. The molecule has 3 rings (SSSR count). The van der Waals surface area contributed by atoms with Crippen molar-refractivity contribution >= 4 is 57.8 Å². The Balaban J connectivity index is 1.70. The first kappa shape index (κ1) is 20.6. The van der Waals surface area contributed by atoms with E-state index in [4.69, 9.17) is 39.8 Å². The van der Waals surface area contributed by atoms with Gasteiger partial charge in [0.25, 0.3) is 11.6 Å². The molecule has 3 N–H and O–H groups in total. The second kappa shape index (κ2) is 8.48. The molecule has 0 aliphatic rings. The lowest BCUT2D eigenvalue weighted by Crippen LogP contribution is -2.33. The SMILES string of the molecule is O=C(NC(=S)Nc1cc([N+](=O)[O-])ccc1O)c1ccc(-c2ccc(Cl)c(Cl)c2)o1. The van der Waals surface area contributed by atoms with Gasteiger partial charge in [-0.05, 0) is 48.6 Å². The molecule has 0 atom stereocenters. The van der Waals surface area contributed by atoms with Crippen LogP contribution in [0.2, 0.25) is 10.0 Å². The van der Waals surface area contributed by atoms with Crippen molar-refractivity contribution in [3.63, 3.8) is 0 Å². The standard InChI is InChI=1S/C18H11Cl2N3O5S/c19-11-3-1-9(7-12(11)20)15-5-6-16(28-15)17(25)22-18(29)21-13-8-10(23(26)27)2-4-14(13)24/h1-8,24H,(H2,21,22,25,29). The molecule has 148 valence electrons. The number of amides is 1. The second-order valence-corrected chi connectivity index (χ2v) is 6.88. The number of anilines is 1. The third-order valence-electron chi connectivity index (χ3n) is 3.70. The van der Waals surface area contributed by atoms with Crippen molar-refractivity contribution in [2.75, 3.05) is 5.32 Å².